The molecule has 0 spiro atoms. The zero-order valence-corrected chi connectivity index (χ0v) is 7.93. The van der Waals surface area contributed by atoms with Crippen molar-refractivity contribution in [3.63, 3.8) is 0 Å². The fourth-order valence-corrected chi connectivity index (χ4v) is 1.93. The van der Waals surface area contributed by atoms with Gasteiger partial charge in [0.15, 0.2) is 0 Å². The van der Waals surface area contributed by atoms with E-state index in [-0.39, 0.29) is 5.30 Å². The highest BCUT2D eigenvalue weighted by Crippen LogP contribution is 2.35. The summed E-state index contributed by atoms with van der Waals surface area (Å²) in [5.41, 5.74) is 0.480. The van der Waals surface area contributed by atoms with Crippen molar-refractivity contribution in [2.24, 2.45) is 0 Å². The van der Waals surface area contributed by atoms with Gasteiger partial charge in [-0.05, 0) is 6.07 Å². The summed E-state index contributed by atoms with van der Waals surface area (Å²) in [6.45, 7) is 0. The predicted molar refractivity (Wildman–Crippen MR) is 51.2 cm³/mol. The van der Waals surface area contributed by atoms with Crippen LogP contribution in [0.15, 0.2) is 30.5 Å². The highest BCUT2D eigenvalue weighted by Gasteiger charge is 2.20. The van der Waals surface area contributed by atoms with E-state index in [9.17, 15) is 4.57 Å². The molecule has 0 fully saturated rings. The fraction of sp³-hybridized carbons (Fsp3) is 0. The minimum atomic E-state index is -4.27. The van der Waals surface area contributed by atoms with Crippen molar-refractivity contribution in [1.29, 1.82) is 0 Å². The Hall–Kier alpha value is -1.29. The molecule has 0 bridgehead atoms. The number of aromatic nitrogens is 2. The summed E-state index contributed by atoms with van der Waals surface area (Å²) in [7, 11) is -4.27. The Morgan fingerprint density at radius 1 is 1.21 bits per heavy atom. The SMILES string of the molecule is O=P(O)(O)c1cnnc2ccccc12. The first-order chi connectivity index (χ1) is 6.59. The van der Waals surface area contributed by atoms with Gasteiger partial charge in [0.2, 0.25) is 0 Å². The lowest BCUT2D eigenvalue weighted by Crippen LogP contribution is -2.07. The quantitative estimate of drug-likeness (QED) is 0.667. The second-order valence-corrected chi connectivity index (χ2v) is 4.36. The minimum absolute atomic E-state index is 0.0805. The number of hydrogen-bond donors (Lipinski definition) is 2. The summed E-state index contributed by atoms with van der Waals surface area (Å²) in [5.74, 6) is 0. The van der Waals surface area contributed by atoms with Gasteiger partial charge in [-0.3, -0.25) is 4.57 Å². The van der Waals surface area contributed by atoms with E-state index in [1.165, 1.54) is 0 Å². The molecule has 6 heteroatoms. The van der Waals surface area contributed by atoms with Crippen molar-refractivity contribution in [1.82, 2.24) is 10.2 Å². The Bertz CT molecular complexity index is 517. The Kier molecular flexibility index (Phi) is 2.07. The normalized spacial score (nSPS) is 11.9. The molecule has 2 rings (SSSR count). The van der Waals surface area contributed by atoms with Crippen LogP contribution in [0.1, 0.15) is 0 Å². The first-order valence-corrected chi connectivity index (χ1v) is 5.47. The molecule has 14 heavy (non-hydrogen) atoms. The first-order valence-electron chi connectivity index (χ1n) is 3.85. The third-order valence-electron chi connectivity index (χ3n) is 1.84. The maximum atomic E-state index is 11.1. The van der Waals surface area contributed by atoms with Crippen molar-refractivity contribution in [3.05, 3.63) is 30.5 Å². The third-order valence-corrected chi connectivity index (χ3v) is 2.82. The lowest BCUT2D eigenvalue weighted by atomic mass is 10.2. The first kappa shape index (κ1) is 9.27. The Morgan fingerprint density at radius 2 is 1.93 bits per heavy atom. The largest absolute Gasteiger partial charge is 0.358 e. The van der Waals surface area contributed by atoms with Gasteiger partial charge in [-0.1, -0.05) is 18.2 Å². The lowest BCUT2D eigenvalue weighted by Gasteiger charge is -2.05. The Morgan fingerprint density at radius 3 is 2.64 bits per heavy atom. The molecule has 2 aromatic rings. The number of fused-ring (bicyclic) bond motifs is 1. The number of benzene rings is 1. The van der Waals surface area contributed by atoms with Crippen molar-refractivity contribution in [2.75, 3.05) is 0 Å². The monoisotopic (exact) mass is 210 g/mol. The highest BCUT2D eigenvalue weighted by atomic mass is 31.2. The summed E-state index contributed by atoms with van der Waals surface area (Å²) in [4.78, 5) is 18.1. The van der Waals surface area contributed by atoms with E-state index in [0.29, 0.717) is 10.9 Å². The van der Waals surface area contributed by atoms with Crippen molar-refractivity contribution in [2.45, 2.75) is 0 Å². The maximum absolute atomic E-state index is 11.1. The minimum Gasteiger partial charge on any atom is -0.321 e. The van der Waals surface area contributed by atoms with Crippen LogP contribution in [-0.4, -0.2) is 20.0 Å². The second kappa shape index (κ2) is 3.13. The molecule has 0 saturated carbocycles. The number of nitrogens with zero attached hydrogens (tertiary/aromatic N) is 2. The molecule has 1 heterocycles. The molecule has 0 aliphatic carbocycles. The molecule has 2 N–H and O–H groups in total. The molecule has 72 valence electrons. The van der Waals surface area contributed by atoms with Gasteiger partial charge < -0.3 is 9.79 Å². The van der Waals surface area contributed by atoms with Crippen LogP contribution < -0.4 is 5.30 Å². The average molecular weight is 210 g/mol. The van der Waals surface area contributed by atoms with Gasteiger partial charge in [0.1, 0.15) is 0 Å². The van der Waals surface area contributed by atoms with Gasteiger partial charge in [0.25, 0.3) is 0 Å². The summed E-state index contributed by atoms with van der Waals surface area (Å²) in [5, 5.41) is 7.66. The van der Waals surface area contributed by atoms with Crippen LogP contribution in [0.2, 0.25) is 0 Å². The molecular weight excluding hydrogens is 203 g/mol. The molecule has 0 aliphatic heterocycles. The molecule has 0 atom stereocenters. The van der Waals surface area contributed by atoms with Gasteiger partial charge in [-0.15, -0.1) is 0 Å². The van der Waals surface area contributed by atoms with E-state index in [1.807, 2.05) is 0 Å². The van der Waals surface area contributed by atoms with E-state index in [2.05, 4.69) is 10.2 Å². The fourth-order valence-electron chi connectivity index (χ4n) is 1.22. The maximum Gasteiger partial charge on any atom is 0.358 e. The Labute approximate surface area is 79.6 Å². The smallest absolute Gasteiger partial charge is 0.321 e. The van der Waals surface area contributed by atoms with Crippen LogP contribution in [-0.2, 0) is 4.57 Å². The Balaban J connectivity index is 2.85. The highest BCUT2D eigenvalue weighted by molar-refractivity contribution is 7.60. The molecule has 0 amide bonds. The summed E-state index contributed by atoms with van der Waals surface area (Å²) < 4.78 is 11.1. The number of rotatable bonds is 1. The molecule has 0 radical (unpaired) electrons. The second-order valence-electron chi connectivity index (χ2n) is 2.79. The van der Waals surface area contributed by atoms with Crippen molar-refractivity contribution in [3.8, 4) is 0 Å². The van der Waals surface area contributed by atoms with Gasteiger partial charge >= 0.3 is 7.60 Å². The number of hydrogen-bond acceptors (Lipinski definition) is 3. The van der Waals surface area contributed by atoms with Gasteiger partial charge in [-0.2, -0.15) is 10.2 Å². The van der Waals surface area contributed by atoms with Gasteiger partial charge in [0, 0.05) is 5.39 Å². The standard InChI is InChI=1S/C8H7N2O3P/c11-14(12,13)8-5-9-10-7-4-2-1-3-6(7)8/h1-5H,(H2,11,12,13). The molecule has 1 aromatic carbocycles. The van der Waals surface area contributed by atoms with E-state index >= 15 is 0 Å². The summed E-state index contributed by atoms with van der Waals surface area (Å²) >= 11 is 0. The van der Waals surface area contributed by atoms with E-state index in [0.717, 1.165) is 6.20 Å². The van der Waals surface area contributed by atoms with Crippen LogP contribution >= 0.6 is 7.60 Å². The molecule has 1 aromatic heterocycles. The predicted octanol–water partition coefficient (Wildman–Crippen LogP) is 0.433. The van der Waals surface area contributed by atoms with Gasteiger partial charge in [-0.25, -0.2) is 0 Å². The van der Waals surface area contributed by atoms with E-state index < -0.39 is 7.60 Å². The van der Waals surface area contributed by atoms with Crippen LogP contribution in [0.25, 0.3) is 10.9 Å². The van der Waals surface area contributed by atoms with Crippen LogP contribution in [0.5, 0.6) is 0 Å². The van der Waals surface area contributed by atoms with Crippen LogP contribution in [0, 0.1) is 0 Å². The lowest BCUT2D eigenvalue weighted by molar-refractivity contribution is 0.387. The van der Waals surface area contributed by atoms with Gasteiger partial charge in [0.05, 0.1) is 17.0 Å². The summed E-state index contributed by atoms with van der Waals surface area (Å²) in [6, 6.07) is 6.70. The van der Waals surface area contributed by atoms with Crippen molar-refractivity contribution >= 4 is 23.8 Å². The van der Waals surface area contributed by atoms with Crippen LogP contribution in [0.4, 0.5) is 0 Å². The van der Waals surface area contributed by atoms with Crippen LogP contribution in [0.3, 0.4) is 0 Å². The van der Waals surface area contributed by atoms with E-state index in [4.69, 9.17) is 9.79 Å². The molecule has 0 unspecified atom stereocenters. The molecule has 0 saturated heterocycles. The average Bonchev–Trinajstić information content (AvgIpc) is 2.15. The topological polar surface area (TPSA) is 83.3 Å². The zero-order chi connectivity index (χ0) is 10.2. The van der Waals surface area contributed by atoms with E-state index in [1.54, 1.807) is 24.3 Å². The zero-order valence-electron chi connectivity index (χ0n) is 7.03. The molecule has 5 nitrogen and oxygen atoms in total. The third kappa shape index (κ3) is 1.53. The van der Waals surface area contributed by atoms with Crippen molar-refractivity contribution < 1.29 is 14.4 Å². The summed E-state index contributed by atoms with van der Waals surface area (Å²) in [6.07, 6.45) is 1.10. The molecular formula is C8H7N2O3P. The molecule has 0 aliphatic rings.